The molecule has 1 aliphatic heterocycles. The molecule has 0 amide bonds. The van der Waals surface area contributed by atoms with Crippen molar-refractivity contribution >= 4 is 22.8 Å². The summed E-state index contributed by atoms with van der Waals surface area (Å²) in [7, 11) is 0. The van der Waals surface area contributed by atoms with Crippen LogP contribution in [0.4, 0.5) is 11.8 Å². The third-order valence-electron chi connectivity index (χ3n) is 3.92. The Bertz CT molecular complexity index is 555. The predicted octanol–water partition coefficient (Wildman–Crippen LogP) is 1.95. The molecule has 0 unspecified atom stereocenters. The Balaban J connectivity index is 1.83. The average Bonchev–Trinajstić information content (AvgIpc) is 2.87. The van der Waals surface area contributed by atoms with Crippen molar-refractivity contribution in [2.24, 2.45) is 5.92 Å². The van der Waals surface area contributed by atoms with Gasteiger partial charge in [0.15, 0.2) is 5.65 Å². The molecular weight excluding hydrogens is 240 g/mol. The van der Waals surface area contributed by atoms with E-state index in [1.807, 2.05) is 0 Å². The number of hydrogen-bond acceptors (Lipinski definition) is 5. The van der Waals surface area contributed by atoms with Crippen molar-refractivity contribution in [3.63, 3.8) is 0 Å². The Hall–Kier alpha value is -1.85. The Labute approximate surface area is 112 Å². The number of nitrogens with zero attached hydrogens (tertiary/aromatic N) is 4. The molecule has 3 rings (SSSR count). The minimum atomic E-state index is 0.308. The molecule has 0 saturated carbocycles. The quantitative estimate of drug-likeness (QED) is 0.881. The summed E-state index contributed by atoms with van der Waals surface area (Å²) in [6.07, 6.45) is 6.86. The maximum absolute atomic E-state index is 5.77. The molecule has 3 N–H and O–H groups in total. The summed E-state index contributed by atoms with van der Waals surface area (Å²) in [6.45, 7) is 4.34. The SMILES string of the molecule is CCCC1CCN(c2nc(N)nc3[nH]ncc23)CC1. The van der Waals surface area contributed by atoms with E-state index in [4.69, 9.17) is 5.73 Å². The van der Waals surface area contributed by atoms with E-state index in [2.05, 4.69) is 32.0 Å². The smallest absolute Gasteiger partial charge is 0.224 e. The first-order valence-corrected chi connectivity index (χ1v) is 6.99. The third-order valence-corrected chi connectivity index (χ3v) is 3.92. The third kappa shape index (κ3) is 2.34. The monoisotopic (exact) mass is 260 g/mol. The van der Waals surface area contributed by atoms with Crippen LogP contribution < -0.4 is 10.6 Å². The van der Waals surface area contributed by atoms with Crippen LogP contribution in [0.3, 0.4) is 0 Å². The van der Waals surface area contributed by atoms with Crippen molar-refractivity contribution in [1.82, 2.24) is 20.2 Å². The fourth-order valence-electron chi connectivity index (χ4n) is 2.92. The van der Waals surface area contributed by atoms with Crippen LogP contribution in [0.5, 0.6) is 0 Å². The molecule has 2 aromatic heterocycles. The van der Waals surface area contributed by atoms with Gasteiger partial charge in [-0.2, -0.15) is 15.1 Å². The summed E-state index contributed by atoms with van der Waals surface area (Å²) in [5.41, 5.74) is 6.49. The summed E-state index contributed by atoms with van der Waals surface area (Å²) in [6, 6.07) is 0. The standard InChI is InChI=1S/C13H20N6/c1-2-3-9-4-6-19(7-5-9)12-10-8-15-18-11(10)16-13(14)17-12/h8-9H,2-7H2,1H3,(H3,14,15,16,17,18). The lowest BCUT2D eigenvalue weighted by molar-refractivity contribution is 0.378. The molecule has 0 radical (unpaired) electrons. The number of aromatic nitrogens is 4. The maximum atomic E-state index is 5.77. The number of nitrogens with two attached hydrogens (primary N) is 1. The zero-order chi connectivity index (χ0) is 13.2. The van der Waals surface area contributed by atoms with Gasteiger partial charge in [0.1, 0.15) is 5.82 Å². The molecule has 0 atom stereocenters. The molecule has 6 nitrogen and oxygen atoms in total. The van der Waals surface area contributed by atoms with Crippen LogP contribution in [0.2, 0.25) is 0 Å². The summed E-state index contributed by atoms with van der Waals surface area (Å²) < 4.78 is 0. The van der Waals surface area contributed by atoms with Crippen LogP contribution in [0, 0.1) is 5.92 Å². The lowest BCUT2D eigenvalue weighted by atomic mass is 9.92. The van der Waals surface area contributed by atoms with Gasteiger partial charge >= 0.3 is 0 Å². The molecule has 3 heterocycles. The van der Waals surface area contributed by atoms with Crippen LogP contribution >= 0.6 is 0 Å². The number of anilines is 2. The zero-order valence-electron chi connectivity index (χ0n) is 11.3. The summed E-state index contributed by atoms with van der Waals surface area (Å²) in [5, 5.41) is 7.85. The van der Waals surface area contributed by atoms with E-state index in [1.165, 1.54) is 25.7 Å². The van der Waals surface area contributed by atoms with Crippen molar-refractivity contribution in [1.29, 1.82) is 0 Å². The topological polar surface area (TPSA) is 83.7 Å². The van der Waals surface area contributed by atoms with E-state index in [1.54, 1.807) is 6.20 Å². The van der Waals surface area contributed by atoms with Gasteiger partial charge in [-0.1, -0.05) is 19.8 Å². The molecule has 1 saturated heterocycles. The number of hydrogen-bond donors (Lipinski definition) is 2. The highest BCUT2D eigenvalue weighted by Gasteiger charge is 2.22. The first kappa shape index (κ1) is 12.2. The van der Waals surface area contributed by atoms with Crippen LogP contribution in [0.15, 0.2) is 6.20 Å². The first-order chi connectivity index (χ1) is 9.28. The second kappa shape index (κ2) is 5.03. The molecule has 0 aliphatic carbocycles. The molecule has 0 bridgehead atoms. The number of rotatable bonds is 3. The Morgan fingerprint density at radius 3 is 2.89 bits per heavy atom. The van der Waals surface area contributed by atoms with Gasteiger partial charge in [0.25, 0.3) is 0 Å². The number of H-pyrrole nitrogens is 1. The van der Waals surface area contributed by atoms with Crippen molar-refractivity contribution in [2.45, 2.75) is 32.6 Å². The normalized spacial score (nSPS) is 17.2. The van der Waals surface area contributed by atoms with Crippen molar-refractivity contribution in [3.05, 3.63) is 6.20 Å². The number of fused-ring (bicyclic) bond motifs is 1. The second-order valence-corrected chi connectivity index (χ2v) is 5.26. The fourth-order valence-corrected chi connectivity index (χ4v) is 2.92. The number of nitrogen functional groups attached to an aromatic ring is 1. The van der Waals surface area contributed by atoms with E-state index >= 15 is 0 Å². The van der Waals surface area contributed by atoms with E-state index in [0.717, 1.165) is 35.9 Å². The number of aromatic amines is 1. The van der Waals surface area contributed by atoms with Gasteiger partial charge < -0.3 is 10.6 Å². The van der Waals surface area contributed by atoms with Crippen molar-refractivity contribution in [3.8, 4) is 0 Å². The van der Waals surface area contributed by atoms with Gasteiger partial charge in [0.05, 0.1) is 11.6 Å². The Morgan fingerprint density at radius 2 is 2.16 bits per heavy atom. The average molecular weight is 260 g/mol. The van der Waals surface area contributed by atoms with Gasteiger partial charge in [0, 0.05) is 13.1 Å². The van der Waals surface area contributed by atoms with Crippen LogP contribution in [-0.4, -0.2) is 33.3 Å². The molecule has 102 valence electrons. The highest BCUT2D eigenvalue weighted by Crippen LogP contribution is 2.29. The Kier molecular flexibility index (Phi) is 3.23. The summed E-state index contributed by atoms with van der Waals surface area (Å²) in [4.78, 5) is 10.9. The fraction of sp³-hybridized carbons (Fsp3) is 0.615. The summed E-state index contributed by atoms with van der Waals surface area (Å²) >= 11 is 0. The predicted molar refractivity (Wildman–Crippen MR) is 75.9 cm³/mol. The first-order valence-electron chi connectivity index (χ1n) is 6.99. The van der Waals surface area contributed by atoms with E-state index < -0.39 is 0 Å². The largest absolute Gasteiger partial charge is 0.368 e. The van der Waals surface area contributed by atoms with Gasteiger partial charge in [-0.15, -0.1) is 0 Å². The van der Waals surface area contributed by atoms with Crippen LogP contribution in [0.1, 0.15) is 32.6 Å². The van der Waals surface area contributed by atoms with Crippen LogP contribution in [-0.2, 0) is 0 Å². The van der Waals surface area contributed by atoms with Crippen molar-refractivity contribution in [2.75, 3.05) is 23.7 Å². The molecule has 1 fully saturated rings. The van der Waals surface area contributed by atoms with Crippen molar-refractivity contribution < 1.29 is 0 Å². The molecule has 0 aromatic carbocycles. The van der Waals surface area contributed by atoms with E-state index in [0.29, 0.717) is 5.95 Å². The lowest BCUT2D eigenvalue weighted by Crippen LogP contribution is -2.34. The van der Waals surface area contributed by atoms with Gasteiger partial charge in [-0.3, -0.25) is 5.10 Å². The number of nitrogens with one attached hydrogen (secondary N) is 1. The zero-order valence-corrected chi connectivity index (χ0v) is 11.3. The van der Waals surface area contributed by atoms with Crippen LogP contribution in [0.25, 0.3) is 11.0 Å². The molecule has 2 aromatic rings. The minimum absolute atomic E-state index is 0.308. The van der Waals surface area contributed by atoms with Gasteiger partial charge in [-0.05, 0) is 18.8 Å². The highest BCUT2D eigenvalue weighted by molar-refractivity contribution is 5.87. The second-order valence-electron chi connectivity index (χ2n) is 5.26. The number of piperidine rings is 1. The Morgan fingerprint density at radius 1 is 1.37 bits per heavy atom. The molecule has 6 heteroatoms. The molecular formula is C13H20N6. The van der Waals surface area contributed by atoms with Gasteiger partial charge in [-0.25, -0.2) is 0 Å². The minimum Gasteiger partial charge on any atom is -0.368 e. The van der Waals surface area contributed by atoms with E-state index in [9.17, 15) is 0 Å². The molecule has 19 heavy (non-hydrogen) atoms. The maximum Gasteiger partial charge on any atom is 0.224 e. The van der Waals surface area contributed by atoms with Gasteiger partial charge in [0.2, 0.25) is 5.95 Å². The highest BCUT2D eigenvalue weighted by atomic mass is 15.2. The lowest BCUT2D eigenvalue weighted by Gasteiger charge is -2.33. The molecule has 0 spiro atoms. The summed E-state index contributed by atoms with van der Waals surface area (Å²) in [5.74, 6) is 2.09. The molecule has 1 aliphatic rings. The van der Waals surface area contributed by atoms with E-state index in [-0.39, 0.29) is 0 Å².